The van der Waals surface area contributed by atoms with Crippen molar-refractivity contribution in [1.82, 2.24) is 10.2 Å². The van der Waals surface area contributed by atoms with Crippen molar-refractivity contribution < 1.29 is 9.72 Å². The molecule has 1 N–H and O–H groups in total. The van der Waals surface area contributed by atoms with Crippen LogP contribution < -0.4 is 5.32 Å². The number of carbonyl (C=O) groups is 1. The van der Waals surface area contributed by atoms with Gasteiger partial charge >= 0.3 is 0 Å². The number of aryl methyl sites for hydroxylation is 1. The monoisotopic (exact) mass is 413 g/mol. The smallest absolute Gasteiger partial charge is 0.269 e. The van der Waals surface area contributed by atoms with Crippen LogP contribution in [0.25, 0.3) is 0 Å². The maximum absolute atomic E-state index is 12.6. The number of carbonyl (C=O) groups excluding carboxylic acids is 1. The number of piperidine rings is 1. The number of benzene rings is 2. The molecule has 1 amide bonds. The maximum Gasteiger partial charge on any atom is 0.269 e. The minimum absolute atomic E-state index is 0.0192. The number of rotatable bonds is 7. The fourth-order valence-corrected chi connectivity index (χ4v) is 4.36. The molecular weight excluding hydrogens is 386 g/mol. The van der Waals surface area contributed by atoms with Gasteiger partial charge in [0.15, 0.2) is 0 Å². The molecule has 2 aromatic carbocycles. The number of hydrogen-bond donors (Lipinski definition) is 1. The second-order valence-electron chi connectivity index (χ2n) is 7.50. The molecule has 1 heterocycles. The minimum Gasteiger partial charge on any atom is -0.352 e. The Bertz CT molecular complexity index is 849. The van der Waals surface area contributed by atoms with E-state index in [1.54, 1.807) is 12.1 Å². The van der Waals surface area contributed by atoms with E-state index in [9.17, 15) is 14.9 Å². The van der Waals surface area contributed by atoms with Crippen LogP contribution in [0.15, 0.2) is 53.4 Å². The zero-order valence-corrected chi connectivity index (χ0v) is 17.7. The summed E-state index contributed by atoms with van der Waals surface area (Å²) in [6.45, 7) is 6.92. The van der Waals surface area contributed by atoms with Crippen molar-refractivity contribution in [3.8, 4) is 0 Å². The van der Waals surface area contributed by atoms with Crippen LogP contribution in [0.5, 0.6) is 0 Å². The molecule has 154 valence electrons. The first kappa shape index (κ1) is 21.3. The van der Waals surface area contributed by atoms with Crippen molar-refractivity contribution in [2.45, 2.75) is 49.4 Å². The Balaban J connectivity index is 1.44. The Morgan fingerprint density at radius 3 is 2.48 bits per heavy atom. The molecule has 3 rings (SSSR count). The van der Waals surface area contributed by atoms with Gasteiger partial charge < -0.3 is 5.32 Å². The lowest BCUT2D eigenvalue weighted by Gasteiger charge is -2.33. The molecule has 2 aromatic rings. The first-order valence-electron chi connectivity index (χ1n) is 9.90. The van der Waals surface area contributed by atoms with Crippen molar-refractivity contribution >= 4 is 23.4 Å². The van der Waals surface area contributed by atoms with Gasteiger partial charge in [0.25, 0.3) is 5.69 Å². The Labute approximate surface area is 175 Å². The van der Waals surface area contributed by atoms with Gasteiger partial charge in [-0.2, -0.15) is 0 Å². The van der Waals surface area contributed by atoms with E-state index in [4.69, 9.17) is 0 Å². The zero-order chi connectivity index (χ0) is 20.8. The summed E-state index contributed by atoms with van der Waals surface area (Å²) in [7, 11) is 0. The first-order chi connectivity index (χ1) is 13.9. The van der Waals surface area contributed by atoms with Gasteiger partial charge in [-0.25, -0.2) is 0 Å². The normalized spacial score (nSPS) is 16.3. The fourth-order valence-electron chi connectivity index (χ4n) is 3.49. The number of nitro benzene ring substituents is 1. The lowest BCUT2D eigenvalue weighted by Crippen LogP contribution is -2.46. The van der Waals surface area contributed by atoms with Crippen LogP contribution in [0.1, 0.15) is 30.9 Å². The van der Waals surface area contributed by atoms with Crippen molar-refractivity contribution in [2.24, 2.45) is 0 Å². The second kappa shape index (κ2) is 9.89. The molecule has 0 bridgehead atoms. The van der Waals surface area contributed by atoms with Crippen LogP contribution in [0.2, 0.25) is 0 Å². The molecule has 1 saturated heterocycles. The van der Waals surface area contributed by atoms with Crippen molar-refractivity contribution in [1.29, 1.82) is 0 Å². The fraction of sp³-hybridized carbons (Fsp3) is 0.409. The SMILES string of the molecule is Cc1ccccc1CN1CCC(NC(=O)C(C)Sc2ccc([N+](=O)[O-])cc2)CC1. The number of nitrogens with one attached hydrogen (secondary N) is 1. The zero-order valence-electron chi connectivity index (χ0n) is 16.8. The van der Waals surface area contributed by atoms with Gasteiger partial charge in [-0.1, -0.05) is 24.3 Å². The Morgan fingerprint density at radius 1 is 1.21 bits per heavy atom. The summed E-state index contributed by atoms with van der Waals surface area (Å²) in [5.74, 6) is 0.0192. The largest absolute Gasteiger partial charge is 0.352 e. The minimum atomic E-state index is -0.421. The van der Waals surface area contributed by atoms with Gasteiger partial charge in [0.2, 0.25) is 5.91 Å². The summed E-state index contributed by atoms with van der Waals surface area (Å²) >= 11 is 1.42. The molecule has 0 aromatic heterocycles. The third-order valence-corrected chi connectivity index (χ3v) is 6.43. The van der Waals surface area contributed by atoms with Gasteiger partial charge in [-0.05, 0) is 49.9 Å². The molecule has 1 aliphatic rings. The Morgan fingerprint density at radius 2 is 1.86 bits per heavy atom. The van der Waals surface area contributed by atoms with Crippen LogP contribution >= 0.6 is 11.8 Å². The molecule has 29 heavy (non-hydrogen) atoms. The predicted octanol–water partition coefficient (Wildman–Crippen LogP) is 4.16. The molecule has 0 spiro atoms. The van der Waals surface area contributed by atoms with E-state index >= 15 is 0 Å². The van der Waals surface area contributed by atoms with Crippen molar-refractivity contribution in [2.75, 3.05) is 13.1 Å². The number of nitrogens with zero attached hydrogens (tertiary/aromatic N) is 2. The maximum atomic E-state index is 12.6. The highest BCUT2D eigenvalue weighted by molar-refractivity contribution is 8.00. The molecule has 7 heteroatoms. The second-order valence-corrected chi connectivity index (χ2v) is 8.91. The summed E-state index contributed by atoms with van der Waals surface area (Å²) in [4.78, 5) is 26.2. The average molecular weight is 414 g/mol. The molecule has 0 radical (unpaired) electrons. The average Bonchev–Trinajstić information content (AvgIpc) is 2.71. The predicted molar refractivity (Wildman–Crippen MR) is 116 cm³/mol. The van der Waals surface area contributed by atoms with Crippen molar-refractivity contribution in [3.63, 3.8) is 0 Å². The van der Waals surface area contributed by atoms with Crippen LogP contribution in [-0.4, -0.2) is 40.1 Å². The molecule has 6 nitrogen and oxygen atoms in total. The van der Waals surface area contributed by atoms with Crippen LogP contribution in [0.3, 0.4) is 0 Å². The topological polar surface area (TPSA) is 75.5 Å². The molecule has 0 aliphatic carbocycles. The summed E-state index contributed by atoms with van der Waals surface area (Å²) in [6, 6.07) is 15.0. The molecule has 0 saturated carbocycles. The van der Waals surface area contributed by atoms with Gasteiger partial charge in [-0.15, -0.1) is 11.8 Å². The number of nitro groups is 1. The molecule has 1 atom stereocenters. The van der Waals surface area contributed by atoms with Gasteiger partial charge in [0.1, 0.15) is 0 Å². The number of non-ortho nitro benzene ring substituents is 1. The number of hydrogen-bond acceptors (Lipinski definition) is 5. The third kappa shape index (κ3) is 6.05. The Hall–Kier alpha value is -2.38. The van der Waals surface area contributed by atoms with E-state index in [1.165, 1.54) is 35.0 Å². The summed E-state index contributed by atoms with van der Waals surface area (Å²) in [5.41, 5.74) is 2.74. The highest BCUT2D eigenvalue weighted by Crippen LogP contribution is 2.26. The lowest BCUT2D eigenvalue weighted by atomic mass is 10.0. The van der Waals surface area contributed by atoms with Gasteiger partial charge in [0, 0.05) is 42.7 Å². The van der Waals surface area contributed by atoms with E-state index in [0.29, 0.717) is 0 Å². The van der Waals surface area contributed by atoms with Gasteiger partial charge in [-0.3, -0.25) is 19.8 Å². The highest BCUT2D eigenvalue weighted by Gasteiger charge is 2.23. The summed E-state index contributed by atoms with van der Waals surface area (Å²) in [5, 5.41) is 13.7. The van der Waals surface area contributed by atoms with E-state index < -0.39 is 4.92 Å². The first-order valence-corrected chi connectivity index (χ1v) is 10.8. The quantitative estimate of drug-likeness (QED) is 0.419. The number of likely N-dealkylation sites (tertiary alicyclic amines) is 1. The summed E-state index contributed by atoms with van der Waals surface area (Å²) in [6.07, 6.45) is 1.90. The third-order valence-electron chi connectivity index (χ3n) is 5.32. The van der Waals surface area contributed by atoms with E-state index in [0.717, 1.165) is 37.4 Å². The number of amides is 1. The molecule has 1 aliphatic heterocycles. The number of thioether (sulfide) groups is 1. The van der Waals surface area contributed by atoms with E-state index in [2.05, 4.69) is 41.4 Å². The molecule has 1 unspecified atom stereocenters. The van der Waals surface area contributed by atoms with Crippen molar-refractivity contribution in [3.05, 3.63) is 69.8 Å². The Kier molecular flexibility index (Phi) is 7.28. The standard InChI is InChI=1S/C22H27N3O3S/c1-16-5-3-4-6-18(16)15-24-13-11-19(12-14-24)23-22(26)17(2)29-21-9-7-20(8-10-21)25(27)28/h3-10,17,19H,11-15H2,1-2H3,(H,23,26). The highest BCUT2D eigenvalue weighted by atomic mass is 32.2. The van der Waals surface area contributed by atoms with E-state index in [-0.39, 0.29) is 22.9 Å². The van der Waals surface area contributed by atoms with Gasteiger partial charge in [0.05, 0.1) is 10.2 Å². The molecule has 1 fully saturated rings. The molecular formula is C22H27N3O3S. The van der Waals surface area contributed by atoms with Crippen LogP contribution in [0.4, 0.5) is 5.69 Å². The van der Waals surface area contributed by atoms with Crippen LogP contribution in [-0.2, 0) is 11.3 Å². The summed E-state index contributed by atoms with van der Waals surface area (Å²) < 4.78 is 0. The lowest BCUT2D eigenvalue weighted by molar-refractivity contribution is -0.384. The van der Waals surface area contributed by atoms with E-state index in [1.807, 2.05) is 6.92 Å². The van der Waals surface area contributed by atoms with Crippen LogP contribution in [0, 0.1) is 17.0 Å².